The third-order valence-corrected chi connectivity index (χ3v) is 1.66. The van der Waals surface area contributed by atoms with E-state index in [2.05, 4.69) is 18.6 Å². The summed E-state index contributed by atoms with van der Waals surface area (Å²) in [6.45, 7) is 5.37. The van der Waals surface area contributed by atoms with Gasteiger partial charge in [-0.05, 0) is 6.42 Å². The molecule has 0 spiro atoms. The Labute approximate surface area is 50.0 Å². The van der Waals surface area contributed by atoms with Gasteiger partial charge in [-0.15, -0.1) is 0 Å². The first-order chi connectivity index (χ1) is 3.41. The number of rotatable bonds is 4. The summed E-state index contributed by atoms with van der Waals surface area (Å²) in [7, 11) is 0. The van der Waals surface area contributed by atoms with Crippen LogP contribution >= 0.6 is 11.9 Å². The quantitative estimate of drug-likeness (QED) is 0.446. The van der Waals surface area contributed by atoms with Gasteiger partial charge in [0.15, 0.2) is 0 Å². The first-order valence-electron chi connectivity index (χ1n) is 2.76. The van der Waals surface area contributed by atoms with E-state index in [4.69, 9.17) is 0 Å². The highest BCUT2D eigenvalue weighted by Gasteiger charge is 1.77. The van der Waals surface area contributed by atoms with Gasteiger partial charge in [0.1, 0.15) is 0 Å². The summed E-state index contributed by atoms with van der Waals surface area (Å²) in [5.74, 6) is 1.23. The third kappa shape index (κ3) is 6.31. The average Bonchev–Trinajstić information content (AvgIpc) is 1.69. The minimum Gasteiger partial charge on any atom is -0.264 e. The van der Waals surface area contributed by atoms with Crippen LogP contribution in [0.1, 0.15) is 20.3 Å². The molecule has 0 bridgehead atoms. The Bertz CT molecular complexity index is 27.3. The van der Waals surface area contributed by atoms with Gasteiger partial charge in [-0.2, -0.15) is 0 Å². The lowest BCUT2D eigenvalue weighted by Crippen LogP contribution is -2.00. The second kappa shape index (κ2) is 6.31. The van der Waals surface area contributed by atoms with Gasteiger partial charge in [-0.3, -0.25) is 4.72 Å². The molecule has 7 heavy (non-hydrogen) atoms. The van der Waals surface area contributed by atoms with Crippen molar-refractivity contribution in [3.63, 3.8) is 0 Å². The van der Waals surface area contributed by atoms with Crippen LogP contribution < -0.4 is 4.72 Å². The lowest BCUT2D eigenvalue weighted by Gasteiger charge is -1.94. The Morgan fingerprint density at radius 1 is 1.43 bits per heavy atom. The fourth-order valence-electron chi connectivity index (χ4n) is 0.276. The summed E-state index contributed by atoms with van der Waals surface area (Å²) in [6, 6.07) is 0. The highest BCUT2D eigenvalue weighted by molar-refractivity contribution is 7.97. The summed E-state index contributed by atoms with van der Waals surface area (Å²) in [5.41, 5.74) is 0. The van der Waals surface area contributed by atoms with E-state index < -0.39 is 0 Å². The molecule has 0 aromatic rings. The number of nitrogens with one attached hydrogen (secondary N) is 1. The second-order valence-electron chi connectivity index (χ2n) is 1.35. The molecule has 0 atom stereocenters. The molecule has 2 heteroatoms. The van der Waals surface area contributed by atoms with E-state index in [0.29, 0.717) is 0 Å². The SMILES string of the molecule is CCCSNCC. The van der Waals surface area contributed by atoms with Gasteiger partial charge < -0.3 is 0 Å². The average molecular weight is 119 g/mol. The fourth-order valence-corrected chi connectivity index (χ4v) is 0.829. The predicted molar refractivity (Wildman–Crippen MR) is 36.4 cm³/mol. The van der Waals surface area contributed by atoms with Crippen LogP contribution in [-0.2, 0) is 0 Å². The van der Waals surface area contributed by atoms with Gasteiger partial charge in [-0.1, -0.05) is 25.8 Å². The van der Waals surface area contributed by atoms with Crippen molar-refractivity contribution < 1.29 is 0 Å². The van der Waals surface area contributed by atoms with Crippen molar-refractivity contribution in [1.29, 1.82) is 0 Å². The van der Waals surface area contributed by atoms with Crippen molar-refractivity contribution >= 4 is 11.9 Å². The van der Waals surface area contributed by atoms with Crippen LogP contribution in [0.15, 0.2) is 0 Å². The normalized spacial score (nSPS) is 9.43. The molecule has 0 unspecified atom stereocenters. The van der Waals surface area contributed by atoms with Crippen LogP contribution in [0.4, 0.5) is 0 Å². The Hall–Kier alpha value is 0.310. The summed E-state index contributed by atoms with van der Waals surface area (Å²) in [5, 5.41) is 0. The maximum absolute atomic E-state index is 3.17. The fraction of sp³-hybridized carbons (Fsp3) is 1.00. The highest BCUT2D eigenvalue weighted by atomic mass is 32.2. The first-order valence-corrected chi connectivity index (χ1v) is 3.75. The standard InChI is InChI=1S/C5H13NS/c1-3-5-7-6-4-2/h6H,3-5H2,1-2H3. The minimum atomic E-state index is 1.07. The molecule has 0 saturated heterocycles. The largest absolute Gasteiger partial charge is 0.264 e. The minimum absolute atomic E-state index is 1.07. The van der Waals surface area contributed by atoms with Crippen LogP contribution in [0.5, 0.6) is 0 Å². The summed E-state index contributed by atoms with van der Waals surface area (Å²) < 4.78 is 3.17. The zero-order valence-corrected chi connectivity index (χ0v) is 5.85. The molecule has 0 aliphatic carbocycles. The molecular formula is C5H13NS. The Morgan fingerprint density at radius 3 is 2.57 bits per heavy atom. The summed E-state index contributed by atoms with van der Waals surface area (Å²) in [6.07, 6.45) is 1.26. The molecule has 0 aliphatic heterocycles. The molecule has 1 nitrogen and oxygen atoms in total. The first kappa shape index (κ1) is 7.31. The topological polar surface area (TPSA) is 12.0 Å². The maximum Gasteiger partial charge on any atom is 0.00760 e. The zero-order chi connectivity index (χ0) is 5.54. The van der Waals surface area contributed by atoms with E-state index in [1.807, 2.05) is 0 Å². The van der Waals surface area contributed by atoms with Crippen molar-refractivity contribution in [3.05, 3.63) is 0 Å². The molecule has 0 saturated carbocycles. The van der Waals surface area contributed by atoms with Gasteiger partial charge in [0.2, 0.25) is 0 Å². The molecule has 1 N–H and O–H groups in total. The van der Waals surface area contributed by atoms with E-state index >= 15 is 0 Å². The molecular weight excluding hydrogens is 106 g/mol. The molecule has 0 aliphatic rings. The van der Waals surface area contributed by atoms with Crippen LogP contribution in [0, 0.1) is 0 Å². The lowest BCUT2D eigenvalue weighted by molar-refractivity contribution is 1.02. The second-order valence-corrected chi connectivity index (χ2v) is 2.33. The summed E-state index contributed by atoms with van der Waals surface area (Å²) in [4.78, 5) is 0. The van der Waals surface area contributed by atoms with Crippen molar-refractivity contribution in [2.24, 2.45) is 0 Å². The Balaban J connectivity index is 2.45. The molecule has 0 fully saturated rings. The number of hydrogen-bond donors (Lipinski definition) is 1. The van der Waals surface area contributed by atoms with E-state index in [-0.39, 0.29) is 0 Å². The Kier molecular flexibility index (Phi) is 6.59. The highest BCUT2D eigenvalue weighted by Crippen LogP contribution is 1.92. The molecule has 0 aromatic carbocycles. The van der Waals surface area contributed by atoms with Crippen molar-refractivity contribution in [2.75, 3.05) is 12.3 Å². The van der Waals surface area contributed by atoms with Gasteiger partial charge in [0.25, 0.3) is 0 Å². The van der Waals surface area contributed by atoms with Crippen LogP contribution in [0.2, 0.25) is 0 Å². The maximum atomic E-state index is 3.17. The van der Waals surface area contributed by atoms with E-state index in [1.54, 1.807) is 11.9 Å². The van der Waals surface area contributed by atoms with Crippen LogP contribution in [-0.4, -0.2) is 12.3 Å². The summed E-state index contributed by atoms with van der Waals surface area (Å²) >= 11 is 1.80. The third-order valence-electron chi connectivity index (χ3n) is 0.553. The zero-order valence-electron chi connectivity index (χ0n) is 5.03. The smallest absolute Gasteiger partial charge is 0.00760 e. The van der Waals surface area contributed by atoms with Crippen LogP contribution in [0.3, 0.4) is 0 Å². The predicted octanol–water partition coefficient (Wildman–Crippen LogP) is 1.65. The van der Waals surface area contributed by atoms with Gasteiger partial charge in [0.05, 0.1) is 0 Å². The molecule has 0 heterocycles. The lowest BCUT2D eigenvalue weighted by atomic mass is 10.6. The molecule has 0 rings (SSSR count). The molecule has 0 aromatic heterocycles. The van der Waals surface area contributed by atoms with E-state index in [0.717, 1.165) is 6.54 Å². The Morgan fingerprint density at radius 2 is 2.14 bits per heavy atom. The van der Waals surface area contributed by atoms with Gasteiger partial charge in [-0.25, -0.2) is 0 Å². The van der Waals surface area contributed by atoms with Crippen molar-refractivity contribution in [2.45, 2.75) is 20.3 Å². The monoisotopic (exact) mass is 119 g/mol. The van der Waals surface area contributed by atoms with Gasteiger partial charge >= 0.3 is 0 Å². The number of hydrogen-bond acceptors (Lipinski definition) is 2. The molecule has 0 amide bonds. The van der Waals surface area contributed by atoms with Crippen molar-refractivity contribution in [1.82, 2.24) is 4.72 Å². The van der Waals surface area contributed by atoms with Crippen LogP contribution in [0.25, 0.3) is 0 Å². The molecule has 44 valence electrons. The van der Waals surface area contributed by atoms with E-state index in [1.165, 1.54) is 12.2 Å². The van der Waals surface area contributed by atoms with E-state index in [9.17, 15) is 0 Å². The van der Waals surface area contributed by atoms with Crippen molar-refractivity contribution in [3.8, 4) is 0 Å². The molecule has 0 radical (unpaired) electrons. The van der Waals surface area contributed by atoms with Gasteiger partial charge in [0, 0.05) is 12.3 Å².